The molecule has 16 heavy (non-hydrogen) atoms. The molecule has 0 spiro atoms. The summed E-state index contributed by atoms with van der Waals surface area (Å²) in [4.78, 5) is 10.0. The lowest BCUT2D eigenvalue weighted by molar-refractivity contribution is -0.284. The lowest BCUT2D eigenvalue weighted by Gasteiger charge is -2.19. The molecule has 3 nitrogen and oxygen atoms in total. The molecule has 0 aromatic carbocycles. The maximum atomic E-state index is 12.2. The van der Waals surface area contributed by atoms with Gasteiger partial charge in [0.05, 0.1) is 0 Å². The molecule has 0 aliphatic rings. The molecule has 0 radical (unpaired) electrons. The molecule has 0 aromatic rings. The fourth-order valence-corrected chi connectivity index (χ4v) is 0.602. The molecule has 3 N–H and O–H groups in total. The predicted octanol–water partition coefficient (Wildman–Crippen LogP) is 2.23. The lowest BCUT2D eigenvalue weighted by atomic mass is 10.1. The third-order valence-electron chi connectivity index (χ3n) is 1.50. The van der Waals surface area contributed by atoms with Crippen LogP contribution >= 0.6 is 11.6 Å². The highest BCUT2D eigenvalue weighted by molar-refractivity contribution is 6.15. The average molecular weight is 272 g/mol. The van der Waals surface area contributed by atoms with Crippen LogP contribution in [-0.4, -0.2) is 35.6 Å². The number of nitrogens with two attached hydrogens (primary N) is 1. The Morgan fingerprint density at radius 1 is 1.31 bits per heavy atom. The van der Waals surface area contributed by atoms with Crippen molar-refractivity contribution in [1.82, 2.24) is 0 Å². The molecule has 9 heteroatoms. The molecule has 0 saturated heterocycles. The van der Waals surface area contributed by atoms with Crippen molar-refractivity contribution in [3.05, 3.63) is 0 Å². The largest absolute Gasteiger partial charge is 0.480 e. The van der Waals surface area contributed by atoms with E-state index in [0.717, 1.165) is 0 Å². The number of aliphatic carboxylic acids is 1. The van der Waals surface area contributed by atoms with Crippen molar-refractivity contribution in [2.45, 2.75) is 31.0 Å². The van der Waals surface area contributed by atoms with E-state index in [1.165, 1.54) is 6.38 Å². The van der Waals surface area contributed by atoms with Gasteiger partial charge in [-0.05, 0) is 6.42 Å². The van der Waals surface area contributed by atoms with Gasteiger partial charge in [0.25, 0.3) is 0 Å². The predicted molar refractivity (Wildman–Crippen MR) is 47.6 cm³/mol. The molecule has 0 unspecified atom stereocenters. The van der Waals surface area contributed by atoms with Gasteiger partial charge in [0, 0.05) is 12.8 Å². The summed E-state index contributed by atoms with van der Waals surface area (Å²) in [6.07, 6.45) is -6.74. The Balaban J connectivity index is 0. The summed E-state index contributed by atoms with van der Waals surface area (Å²) in [7, 11) is 0. The second-order valence-electron chi connectivity index (χ2n) is 2.69. The molecule has 0 saturated carbocycles. The molecule has 0 aliphatic heterocycles. The number of hydrogen-bond donors (Lipinski definition) is 2. The van der Waals surface area contributed by atoms with E-state index >= 15 is 0 Å². The van der Waals surface area contributed by atoms with E-state index in [2.05, 4.69) is 11.6 Å². The fraction of sp³-hybridized carbons (Fsp3) is 0.857. The number of carboxylic acid groups (broad SMARTS) is 1. The Labute approximate surface area is 93.4 Å². The first-order chi connectivity index (χ1) is 7.08. The van der Waals surface area contributed by atoms with Gasteiger partial charge in [0.15, 0.2) is 0 Å². The highest BCUT2D eigenvalue weighted by Gasteiger charge is 2.56. The fourth-order valence-electron chi connectivity index (χ4n) is 0.602. The van der Waals surface area contributed by atoms with Crippen LogP contribution in [0.2, 0.25) is 0 Å². The maximum Gasteiger partial charge on any atom is 0.453 e. The number of carboxylic acids is 1. The van der Waals surface area contributed by atoms with Crippen molar-refractivity contribution in [1.29, 1.82) is 0 Å². The van der Waals surface area contributed by atoms with Crippen LogP contribution in [0.4, 0.5) is 22.0 Å². The van der Waals surface area contributed by atoms with Gasteiger partial charge in [-0.2, -0.15) is 22.0 Å². The quantitative estimate of drug-likeness (QED) is 0.609. The Morgan fingerprint density at radius 2 is 1.69 bits per heavy atom. The zero-order valence-corrected chi connectivity index (χ0v) is 8.95. The lowest BCUT2D eigenvalue weighted by Crippen LogP contribution is -2.39. The summed E-state index contributed by atoms with van der Waals surface area (Å²) >= 11 is 4.64. The normalized spacial score (nSPS) is 13.8. The molecule has 0 fully saturated rings. The van der Waals surface area contributed by atoms with Crippen LogP contribution in [-0.2, 0) is 4.79 Å². The number of halogens is 6. The molecule has 98 valence electrons. The molecule has 0 aromatic heterocycles. The van der Waals surface area contributed by atoms with Crippen molar-refractivity contribution in [2.24, 2.45) is 5.73 Å². The first-order valence-electron chi connectivity index (χ1n) is 3.88. The van der Waals surface area contributed by atoms with E-state index in [1.54, 1.807) is 0 Å². The monoisotopic (exact) mass is 271 g/mol. The summed E-state index contributed by atoms with van der Waals surface area (Å²) in [5.41, 5.74) is 4.77. The van der Waals surface area contributed by atoms with Gasteiger partial charge in [-0.25, -0.2) is 0 Å². The molecule has 0 aliphatic carbocycles. The zero-order chi connectivity index (χ0) is 13.6. The Bertz CT molecular complexity index is 221. The highest BCUT2D eigenvalue weighted by Crippen LogP contribution is 2.38. The number of hydrogen-bond acceptors (Lipinski definition) is 2. The molecule has 0 rings (SSSR count). The summed E-state index contributed by atoms with van der Waals surface area (Å²) in [6, 6.07) is -1.71. The first kappa shape index (κ1) is 17.8. The van der Waals surface area contributed by atoms with Crippen LogP contribution in [0.15, 0.2) is 0 Å². The van der Waals surface area contributed by atoms with E-state index in [1.807, 2.05) is 0 Å². The third kappa shape index (κ3) is 6.06. The summed E-state index contributed by atoms with van der Waals surface area (Å²) in [6.45, 7) is 0. The minimum absolute atomic E-state index is 0.929. The molecular formula is C7H11ClF5NO2. The van der Waals surface area contributed by atoms with Crippen molar-refractivity contribution in [2.75, 3.05) is 6.38 Å². The van der Waals surface area contributed by atoms with E-state index < -0.39 is 37.0 Å². The first-order valence-corrected chi connectivity index (χ1v) is 4.64. The minimum atomic E-state index is -5.66. The van der Waals surface area contributed by atoms with Gasteiger partial charge < -0.3 is 10.8 Å². The van der Waals surface area contributed by atoms with Gasteiger partial charge >= 0.3 is 18.1 Å². The van der Waals surface area contributed by atoms with Crippen LogP contribution in [0.5, 0.6) is 0 Å². The standard InChI is InChI=1S/C6H8F5NO2.CH3Cl/c7-5(8,6(9,10)11)2-1-3(12)4(13)14;1-2/h3H,1-2,12H2,(H,13,14);1H3/t3-;/m0./s1. The molecule has 1 atom stereocenters. The second-order valence-corrected chi connectivity index (χ2v) is 2.69. The van der Waals surface area contributed by atoms with Gasteiger partial charge in [0.2, 0.25) is 0 Å². The van der Waals surface area contributed by atoms with E-state index in [9.17, 15) is 26.7 Å². The molecular weight excluding hydrogens is 261 g/mol. The topological polar surface area (TPSA) is 63.3 Å². The Hall–Kier alpha value is -0.630. The Morgan fingerprint density at radius 3 is 1.94 bits per heavy atom. The number of carbonyl (C=O) groups is 1. The van der Waals surface area contributed by atoms with E-state index in [4.69, 9.17) is 10.8 Å². The van der Waals surface area contributed by atoms with Gasteiger partial charge in [-0.15, -0.1) is 11.6 Å². The molecule has 0 bridgehead atoms. The Kier molecular flexibility index (Phi) is 7.60. The molecule has 0 heterocycles. The van der Waals surface area contributed by atoms with Crippen molar-refractivity contribution in [3.8, 4) is 0 Å². The van der Waals surface area contributed by atoms with Gasteiger partial charge in [-0.3, -0.25) is 4.79 Å². The highest BCUT2D eigenvalue weighted by atomic mass is 35.5. The maximum absolute atomic E-state index is 12.2. The van der Waals surface area contributed by atoms with Crippen LogP contribution in [0, 0.1) is 0 Å². The smallest absolute Gasteiger partial charge is 0.453 e. The molecule has 0 amide bonds. The number of alkyl halides is 6. The van der Waals surface area contributed by atoms with Crippen LogP contribution in [0.25, 0.3) is 0 Å². The summed E-state index contributed by atoms with van der Waals surface area (Å²) in [5.74, 6) is -6.50. The van der Waals surface area contributed by atoms with Crippen LogP contribution in [0.1, 0.15) is 12.8 Å². The minimum Gasteiger partial charge on any atom is -0.480 e. The van der Waals surface area contributed by atoms with Crippen molar-refractivity contribution in [3.63, 3.8) is 0 Å². The summed E-state index contributed by atoms with van der Waals surface area (Å²) in [5, 5.41) is 8.13. The van der Waals surface area contributed by atoms with Crippen molar-refractivity contribution < 1.29 is 31.9 Å². The van der Waals surface area contributed by atoms with E-state index in [-0.39, 0.29) is 0 Å². The second kappa shape index (κ2) is 6.85. The van der Waals surface area contributed by atoms with E-state index in [0.29, 0.717) is 0 Å². The SMILES string of the molecule is CCl.N[C@@H](CCC(F)(F)C(F)(F)F)C(=O)O. The number of rotatable bonds is 4. The van der Waals surface area contributed by atoms with Gasteiger partial charge in [0.1, 0.15) is 6.04 Å². The zero-order valence-electron chi connectivity index (χ0n) is 8.19. The van der Waals surface area contributed by atoms with Gasteiger partial charge in [-0.1, -0.05) is 0 Å². The van der Waals surface area contributed by atoms with Crippen LogP contribution in [0.3, 0.4) is 0 Å². The van der Waals surface area contributed by atoms with Crippen LogP contribution < -0.4 is 5.73 Å². The summed E-state index contributed by atoms with van der Waals surface area (Å²) < 4.78 is 59.0. The third-order valence-corrected chi connectivity index (χ3v) is 1.50. The van der Waals surface area contributed by atoms with Crippen molar-refractivity contribution >= 4 is 17.6 Å². The average Bonchev–Trinajstić information content (AvgIpc) is 2.15.